The highest BCUT2D eigenvalue weighted by Crippen LogP contribution is 2.35. The normalized spacial score (nSPS) is 16.5. The van der Waals surface area contributed by atoms with Gasteiger partial charge in [-0.1, -0.05) is 36.4 Å². The van der Waals surface area contributed by atoms with Gasteiger partial charge in [0.2, 0.25) is 10.9 Å². The lowest BCUT2D eigenvalue weighted by Crippen LogP contribution is -2.37. The third kappa shape index (κ3) is 2.59. The SMILES string of the molecule is Cc1cc(C)c(-c2c(N[C@@H]3CCCc4ccccc43)c(=O)c2=O)cc1C. The maximum Gasteiger partial charge on any atom is 0.250 e. The van der Waals surface area contributed by atoms with Crippen LogP contribution in [0.15, 0.2) is 46.0 Å². The van der Waals surface area contributed by atoms with Gasteiger partial charge in [0.25, 0.3) is 0 Å². The minimum Gasteiger partial charge on any atom is -0.374 e. The summed E-state index contributed by atoms with van der Waals surface area (Å²) in [6, 6.07) is 12.6. The fourth-order valence-electron chi connectivity index (χ4n) is 4.09. The van der Waals surface area contributed by atoms with E-state index >= 15 is 0 Å². The fourth-order valence-corrected chi connectivity index (χ4v) is 4.09. The van der Waals surface area contributed by atoms with Crippen LogP contribution in [0.4, 0.5) is 5.69 Å². The van der Waals surface area contributed by atoms with Gasteiger partial charge in [0.05, 0.1) is 17.3 Å². The van der Waals surface area contributed by atoms with Gasteiger partial charge in [0.15, 0.2) is 0 Å². The zero-order valence-corrected chi connectivity index (χ0v) is 15.5. The summed E-state index contributed by atoms with van der Waals surface area (Å²) < 4.78 is 0. The Hall–Kier alpha value is -2.68. The first-order valence-corrected chi connectivity index (χ1v) is 9.23. The van der Waals surface area contributed by atoms with Gasteiger partial charge >= 0.3 is 0 Å². The number of nitrogens with one attached hydrogen (secondary N) is 1. The van der Waals surface area contributed by atoms with Gasteiger partial charge in [-0.25, -0.2) is 0 Å². The highest BCUT2D eigenvalue weighted by atomic mass is 16.2. The Bertz CT molecular complexity index is 1070. The molecule has 0 heterocycles. The predicted octanol–water partition coefficient (Wildman–Crippen LogP) is 4.36. The summed E-state index contributed by atoms with van der Waals surface area (Å²) in [5.74, 6) is 0. The first-order chi connectivity index (χ1) is 12.5. The van der Waals surface area contributed by atoms with Crippen LogP contribution < -0.4 is 16.2 Å². The Kier molecular flexibility index (Phi) is 4.03. The second-order valence-electron chi connectivity index (χ2n) is 7.45. The number of hydrogen-bond acceptors (Lipinski definition) is 3. The number of anilines is 1. The molecule has 0 fully saturated rings. The van der Waals surface area contributed by atoms with Crippen LogP contribution in [0, 0.1) is 20.8 Å². The van der Waals surface area contributed by atoms with Crippen LogP contribution in [0.25, 0.3) is 11.1 Å². The van der Waals surface area contributed by atoms with E-state index in [9.17, 15) is 9.59 Å². The third-order valence-electron chi connectivity index (χ3n) is 5.71. The zero-order valence-electron chi connectivity index (χ0n) is 15.5. The lowest BCUT2D eigenvalue weighted by Gasteiger charge is -2.28. The zero-order chi connectivity index (χ0) is 18.4. The van der Waals surface area contributed by atoms with Crippen molar-refractivity contribution in [2.75, 3.05) is 5.32 Å². The van der Waals surface area contributed by atoms with E-state index in [1.807, 2.05) is 26.0 Å². The molecular weight excluding hydrogens is 322 g/mol. The average Bonchev–Trinajstić information content (AvgIpc) is 2.65. The number of benzene rings is 2. The van der Waals surface area contributed by atoms with Crippen LogP contribution in [-0.4, -0.2) is 0 Å². The van der Waals surface area contributed by atoms with Crippen molar-refractivity contribution in [2.45, 2.75) is 46.1 Å². The van der Waals surface area contributed by atoms with Crippen LogP contribution in [0.5, 0.6) is 0 Å². The molecule has 0 bridgehead atoms. The predicted molar refractivity (Wildman–Crippen MR) is 107 cm³/mol. The topological polar surface area (TPSA) is 46.2 Å². The molecule has 0 aromatic heterocycles. The Balaban J connectivity index is 1.75. The van der Waals surface area contributed by atoms with Crippen molar-refractivity contribution in [3.63, 3.8) is 0 Å². The van der Waals surface area contributed by atoms with Crippen LogP contribution in [-0.2, 0) is 6.42 Å². The van der Waals surface area contributed by atoms with Crippen molar-refractivity contribution >= 4 is 5.69 Å². The molecule has 1 N–H and O–H groups in total. The number of rotatable bonds is 3. The van der Waals surface area contributed by atoms with E-state index in [4.69, 9.17) is 0 Å². The molecule has 0 amide bonds. The Morgan fingerprint density at radius 3 is 2.46 bits per heavy atom. The van der Waals surface area contributed by atoms with E-state index in [0.717, 1.165) is 36.0 Å². The van der Waals surface area contributed by atoms with Crippen molar-refractivity contribution in [3.8, 4) is 11.1 Å². The average molecular weight is 345 g/mol. The summed E-state index contributed by atoms with van der Waals surface area (Å²) in [5.41, 5.74) is 7.10. The molecule has 3 aromatic rings. The van der Waals surface area contributed by atoms with E-state index in [0.29, 0.717) is 11.3 Å². The maximum atomic E-state index is 12.4. The molecular formula is C23H23NO2. The molecule has 26 heavy (non-hydrogen) atoms. The highest BCUT2D eigenvalue weighted by Gasteiger charge is 2.28. The highest BCUT2D eigenvalue weighted by molar-refractivity contribution is 5.84. The molecule has 3 aromatic carbocycles. The lowest BCUT2D eigenvalue weighted by molar-refractivity contribution is 0.599. The summed E-state index contributed by atoms with van der Waals surface area (Å²) in [5, 5.41) is 3.41. The summed E-state index contributed by atoms with van der Waals surface area (Å²) in [4.78, 5) is 24.7. The largest absolute Gasteiger partial charge is 0.374 e. The Morgan fingerprint density at radius 2 is 1.65 bits per heavy atom. The van der Waals surface area contributed by atoms with E-state index in [2.05, 4.69) is 36.5 Å². The molecule has 0 saturated heterocycles. The molecule has 0 spiro atoms. The molecule has 0 aliphatic heterocycles. The summed E-state index contributed by atoms with van der Waals surface area (Å²) >= 11 is 0. The van der Waals surface area contributed by atoms with Crippen molar-refractivity contribution in [1.29, 1.82) is 0 Å². The van der Waals surface area contributed by atoms with Gasteiger partial charge in [-0.3, -0.25) is 9.59 Å². The van der Waals surface area contributed by atoms with Crippen molar-refractivity contribution in [3.05, 3.63) is 84.7 Å². The molecule has 3 nitrogen and oxygen atoms in total. The summed E-state index contributed by atoms with van der Waals surface area (Å²) in [7, 11) is 0. The Labute approximate surface area is 153 Å². The van der Waals surface area contributed by atoms with Gasteiger partial charge < -0.3 is 5.32 Å². The monoisotopic (exact) mass is 345 g/mol. The van der Waals surface area contributed by atoms with Crippen LogP contribution in [0.1, 0.15) is 46.7 Å². The van der Waals surface area contributed by atoms with Crippen molar-refractivity contribution in [2.24, 2.45) is 0 Å². The second kappa shape index (κ2) is 6.24. The molecule has 0 unspecified atom stereocenters. The van der Waals surface area contributed by atoms with Gasteiger partial charge in [-0.2, -0.15) is 0 Å². The number of fused-ring (bicyclic) bond motifs is 1. The lowest BCUT2D eigenvalue weighted by atomic mass is 9.86. The van der Waals surface area contributed by atoms with Crippen LogP contribution in [0.2, 0.25) is 0 Å². The Morgan fingerprint density at radius 1 is 0.923 bits per heavy atom. The standard InChI is InChI=1S/C23H23NO2/c1-13-11-15(3)18(12-14(13)2)20-21(23(26)22(20)25)24-19-10-6-8-16-7-4-5-9-17(16)19/h4-5,7,9,11-12,19,24H,6,8,10H2,1-3H3/t19-/m1/s1. The fraction of sp³-hybridized carbons (Fsp3) is 0.304. The van der Waals surface area contributed by atoms with E-state index in [1.165, 1.54) is 16.7 Å². The second-order valence-corrected chi connectivity index (χ2v) is 7.45. The summed E-state index contributed by atoms with van der Waals surface area (Å²) in [6.45, 7) is 6.10. The van der Waals surface area contributed by atoms with E-state index < -0.39 is 0 Å². The molecule has 4 rings (SSSR count). The molecule has 1 aliphatic rings. The quantitative estimate of drug-likeness (QED) is 0.717. The van der Waals surface area contributed by atoms with Gasteiger partial charge in [-0.05, 0) is 73.4 Å². The van der Waals surface area contributed by atoms with E-state index in [-0.39, 0.29) is 16.9 Å². The molecule has 132 valence electrons. The molecule has 0 radical (unpaired) electrons. The van der Waals surface area contributed by atoms with Crippen molar-refractivity contribution in [1.82, 2.24) is 0 Å². The maximum absolute atomic E-state index is 12.4. The van der Waals surface area contributed by atoms with Gasteiger partial charge in [0, 0.05) is 0 Å². The molecule has 0 saturated carbocycles. The minimum absolute atomic E-state index is 0.0915. The number of aryl methyl sites for hydroxylation is 4. The van der Waals surface area contributed by atoms with Gasteiger partial charge in [-0.15, -0.1) is 0 Å². The third-order valence-corrected chi connectivity index (χ3v) is 5.71. The molecule has 1 atom stereocenters. The van der Waals surface area contributed by atoms with Crippen molar-refractivity contribution < 1.29 is 0 Å². The smallest absolute Gasteiger partial charge is 0.250 e. The minimum atomic E-state index is -0.388. The van der Waals surface area contributed by atoms with Gasteiger partial charge in [0.1, 0.15) is 0 Å². The van der Waals surface area contributed by atoms with Crippen LogP contribution in [0.3, 0.4) is 0 Å². The summed E-state index contributed by atoms with van der Waals surface area (Å²) in [6.07, 6.45) is 3.13. The number of hydrogen-bond donors (Lipinski definition) is 1. The first kappa shape index (κ1) is 16.8. The van der Waals surface area contributed by atoms with E-state index in [1.54, 1.807) is 0 Å². The van der Waals surface area contributed by atoms with Crippen LogP contribution >= 0.6 is 0 Å². The molecule has 1 aliphatic carbocycles. The molecule has 3 heteroatoms. The first-order valence-electron chi connectivity index (χ1n) is 9.23.